The molecule has 1 unspecified atom stereocenters. The van der Waals surface area contributed by atoms with Crippen molar-refractivity contribution in [1.29, 1.82) is 0 Å². The first-order chi connectivity index (χ1) is 15.4. The van der Waals surface area contributed by atoms with Gasteiger partial charge < -0.3 is 14.6 Å². The lowest BCUT2D eigenvalue weighted by atomic mass is 10.0. The quantitative estimate of drug-likeness (QED) is 0.518. The van der Waals surface area contributed by atoms with E-state index in [4.69, 9.17) is 4.74 Å². The smallest absolute Gasteiger partial charge is 0.211 e. The van der Waals surface area contributed by atoms with Gasteiger partial charge in [-0.15, -0.1) is 0 Å². The zero-order chi connectivity index (χ0) is 22.6. The SMILES string of the molecule is COc1ccc(CCS(=O)(=O)NCC(c2c[nH]c3ccccc23)N2CCN(C)CC2)cc1. The molecule has 172 valence electrons. The highest BCUT2D eigenvalue weighted by molar-refractivity contribution is 7.89. The van der Waals surface area contributed by atoms with Crippen molar-refractivity contribution in [1.82, 2.24) is 19.5 Å². The van der Waals surface area contributed by atoms with Crippen LogP contribution in [-0.2, 0) is 16.4 Å². The molecule has 1 aliphatic heterocycles. The van der Waals surface area contributed by atoms with Crippen LogP contribution in [0.5, 0.6) is 5.75 Å². The lowest BCUT2D eigenvalue weighted by molar-refractivity contribution is 0.113. The van der Waals surface area contributed by atoms with E-state index in [2.05, 4.69) is 38.7 Å². The first-order valence-corrected chi connectivity index (χ1v) is 12.7. The van der Waals surface area contributed by atoms with E-state index in [9.17, 15) is 8.42 Å². The van der Waals surface area contributed by atoms with Crippen LogP contribution in [0.25, 0.3) is 10.9 Å². The van der Waals surface area contributed by atoms with Crippen LogP contribution in [0.4, 0.5) is 0 Å². The highest BCUT2D eigenvalue weighted by atomic mass is 32.2. The van der Waals surface area contributed by atoms with E-state index in [-0.39, 0.29) is 11.8 Å². The molecule has 2 aromatic carbocycles. The van der Waals surface area contributed by atoms with Crippen LogP contribution in [0.15, 0.2) is 54.7 Å². The fourth-order valence-electron chi connectivity index (χ4n) is 4.26. The Labute approximate surface area is 190 Å². The van der Waals surface area contributed by atoms with Gasteiger partial charge in [-0.05, 0) is 42.8 Å². The summed E-state index contributed by atoms with van der Waals surface area (Å²) in [7, 11) is 0.331. The van der Waals surface area contributed by atoms with Crippen molar-refractivity contribution in [3.63, 3.8) is 0 Å². The predicted molar refractivity (Wildman–Crippen MR) is 129 cm³/mol. The summed E-state index contributed by atoms with van der Waals surface area (Å²) in [5.74, 6) is 0.825. The number of aromatic amines is 1. The first kappa shape index (κ1) is 22.8. The molecule has 0 spiro atoms. The summed E-state index contributed by atoms with van der Waals surface area (Å²) >= 11 is 0. The fourth-order valence-corrected chi connectivity index (χ4v) is 5.32. The standard InChI is InChI=1S/C24H32N4O3S/c1-27-12-14-28(15-13-27)24(22-17-25-23-6-4-3-5-21(22)23)18-26-32(29,30)16-11-19-7-9-20(31-2)10-8-19/h3-10,17,24-26H,11-16,18H2,1-2H3. The molecule has 1 aromatic heterocycles. The third-order valence-corrected chi connectivity index (χ3v) is 7.62. The zero-order valence-electron chi connectivity index (χ0n) is 18.8. The molecule has 0 bridgehead atoms. The number of hydrogen-bond acceptors (Lipinski definition) is 5. The van der Waals surface area contributed by atoms with Gasteiger partial charge >= 0.3 is 0 Å². The van der Waals surface area contributed by atoms with Crippen molar-refractivity contribution in [2.75, 3.05) is 52.6 Å². The van der Waals surface area contributed by atoms with Crippen LogP contribution in [-0.4, -0.2) is 75.8 Å². The summed E-state index contributed by atoms with van der Waals surface area (Å²) < 4.78 is 33.7. The molecule has 1 saturated heterocycles. The molecular formula is C24H32N4O3S. The average Bonchev–Trinajstić information content (AvgIpc) is 3.23. The number of sulfonamides is 1. The lowest BCUT2D eigenvalue weighted by Crippen LogP contribution is -2.48. The van der Waals surface area contributed by atoms with Gasteiger partial charge in [0.2, 0.25) is 10.0 Å². The van der Waals surface area contributed by atoms with Crippen LogP contribution in [0.2, 0.25) is 0 Å². The highest BCUT2D eigenvalue weighted by Crippen LogP contribution is 2.29. The van der Waals surface area contributed by atoms with Gasteiger partial charge in [0.1, 0.15) is 5.75 Å². The molecular weight excluding hydrogens is 424 g/mol. The maximum atomic E-state index is 12.8. The van der Waals surface area contributed by atoms with Crippen LogP contribution in [0.3, 0.4) is 0 Å². The summed E-state index contributed by atoms with van der Waals surface area (Å²) in [6, 6.07) is 15.7. The predicted octanol–water partition coefficient (Wildman–Crippen LogP) is 2.63. The van der Waals surface area contributed by atoms with Crippen LogP contribution in [0.1, 0.15) is 17.2 Å². The molecule has 0 saturated carbocycles. The van der Waals surface area contributed by atoms with Crippen molar-refractivity contribution in [2.24, 2.45) is 0 Å². The van der Waals surface area contributed by atoms with Gasteiger partial charge in [0.05, 0.1) is 18.9 Å². The van der Waals surface area contributed by atoms with Crippen molar-refractivity contribution in [2.45, 2.75) is 12.5 Å². The molecule has 8 heteroatoms. The lowest BCUT2D eigenvalue weighted by Gasteiger charge is -2.38. The van der Waals surface area contributed by atoms with Crippen LogP contribution in [0, 0.1) is 0 Å². The van der Waals surface area contributed by atoms with Gasteiger partial charge in [-0.1, -0.05) is 30.3 Å². The summed E-state index contributed by atoms with van der Waals surface area (Å²) in [6.45, 7) is 4.13. The Morgan fingerprint density at radius 3 is 2.50 bits per heavy atom. The number of ether oxygens (including phenoxy) is 1. The number of nitrogens with zero attached hydrogens (tertiary/aromatic N) is 2. The molecule has 7 nitrogen and oxygen atoms in total. The molecule has 2 heterocycles. The van der Waals surface area contributed by atoms with E-state index in [1.165, 1.54) is 0 Å². The molecule has 0 aliphatic carbocycles. The maximum absolute atomic E-state index is 12.8. The van der Waals surface area contributed by atoms with E-state index < -0.39 is 10.0 Å². The van der Waals surface area contributed by atoms with Crippen molar-refractivity contribution < 1.29 is 13.2 Å². The Morgan fingerprint density at radius 1 is 1.06 bits per heavy atom. The van der Waals surface area contributed by atoms with E-state index >= 15 is 0 Å². The molecule has 2 N–H and O–H groups in total. The number of likely N-dealkylation sites (N-methyl/N-ethyl adjacent to an activating group) is 1. The van der Waals surface area contributed by atoms with Gasteiger partial charge in [-0.25, -0.2) is 13.1 Å². The molecule has 1 aliphatic rings. The number of rotatable bonds is 9. The fraction of sp³-hybridized carbons (Fsp3) is 0.417. The van der Waals surface area contributed by atoms with Gasteiger partial charge in [0, 0.05) is 49.8 Å². The molecule has 1 fully saturated rings. The second kappa shape index (κ2) is 10.0. The minimum absolute atomic E-state index is 0.0180. The Morgan fingerprint density at radius 2 is 1.78 bits per heavy atom. The molecule has 0 radical (unpaired) electrons. The zero-order valence-corrected chi connectivity index (χ0v) is 19.6. The number of nitrogens with one attached hydrogen (secondary N) is 2. The monoisotopic (exact) mass is 456 g/mol. The van der Waals surface area contributed by atoms with Gasteiger partial charge in [-0.2, -0.15) is 0 Å². The number of aryl methyl sites for hydroxylation is 1. The van der Waals surface area contributed by atoms with Crippen molar-refractivity contribution >= 4 is 20.9 Å². The minimum Gasteiger partial charge on any atom is -0.497 e. The van der Waals surface area contributed by atoms with Crippen LogP contribution >= 0.6 is 0 Å². The highest BCUT2D eigenvalue weighted by Gasteiger charge is 2.27. The van der Waals surface area contributed by atoms with E-state index in [0.29, 0.717) is 13.0 Å². The second-order valence-electron chi connectivity index (χ2n) is 8.41. The van der Waals surface area contributed by atoms with E-state index in [1.54, 1.807) is 7.11 Å². The molecule has 1 atom stereocenters. The third-order valence-electron chi connectivity index (χ3n) is 6.27. The number of piperazine rings is 1. The Hall–Kier alpha value is -2.39. The average molecular weight is 457 g/mol. The molecule has 3 aromatic rings. The molecule has 4 rings (SSSR count). The van der Waals surface area contributed by atoms with Gasteiger partial charge in [-0.3, -0.25) is 4.90 Å². The molecule has 32 heavy (non-hydrogen) atoms. The summed E-state index contributed by atoms with van der Waals surface area (Å²) in [6.07, 6.45) is 2.49. The number of benzene rings is 2. The van der Waals surface area contributed by atoms with Gasteiger partial charge in [0.25, 0.3) is 0 Å². The second-order valence-corrected chi connectivity index (χ2v) is 10.3. The first-order valence-electron chi connectivity index (χ1n) is 11.0. The van der Waals surface area contributed by atoms with Gasteiger partial charge in [0.15, 0.2) is 0 Å². The summed E-state index contributed by atoms with van der Waals surface area (Å²) in [4.78, 5) is 8.04. The Kier molecular flexibility index (Phi) is 7.15. The Balaban J connectivity index is 1.46. The maximum Gasteiger partial charge on any atom is 0.211 e. The Bertz CT molecular complexity index is 1120. The van der Waals surface area contributed by atoms with Crippen molar-refractivity contribution in [3.8, 4) is 5.75 Å². The summed E-state index contributed by atoms with van der Waals surface area (Å²) in [5.41, 5.74) is 3.19. The number of para-hydroxylation sites is 1. The third kappa shape index (κ3) is 5.50. The normalized spacial score (nSPS) is 16.9. The number of fused-ring (bicyclic) bond motifs is 1. The number of H-pyrrole nitrogens is 1. The number of aromatic nitrogens is 1. The summed E-state index contributed by atoms with van der Waals surface area (Å²) in [5, 5.41) is 1.15. The number of hydrogen-bond donors (Lipinski definition) is 2. The molecule has 0 amide bonds. The van der Waals surface area contributed by atoms with Crippen LogP contribution < -0.4 is 9.46 Å². The van der Waals surface area contributed by atoms with E-state index in [1.807, 2.05) is 42.6 Å². The van der Waals surface area contributed by atoms with E-state index in [0.717, 1.165) is 54.0 Å². The largest absolute Gasteiger partial charge is 0.497 e. The minimum atomic E-state index is -3.41. The van der Waals surface area contributed by atoms with Crippen molar-refractivity contribution in [3.05, 3.63) is 65.9 Å². The number of methoxy groups -OCH3 is 1. The topological polar surface area (TPSA) is 77.7 Å².